The number of fused-ring (bicyclic) bond motifs is 2. The summed E-state index contributed by atoms with van der Waals surface area (Å²) in [6.07, 6.45) is 3.80. The summed E-state index contributed by atoms with van der Waals surface area (Å²) < 4.78 is 25.0. The molecule has 0 saturated carbocycles. The van der Waals surface area contributed by atoms with Gasteiger partial charge in [0.2, 0.25) is 0 Å². The molecule has 92 valence electrons. The van der Waals surface area contributed by atoms with Gasteiger partial charge in [0.15, 0.2) is 9.84 Å². The fourth-order valence-electron chi connectivity index (χ4n) is 3.06. The molecular formula is C13H17NO2S. The Morgan fingerprint density at radius 1 is 1.00 bits per heavy atom. The Kier molecular flexibility index (Phi) is 2.71. The zero-order valence-electron chi connectivity index (χ0n) is 9.67. The maximum Gasteiger partial charge on any atom is 0.181 e. The molecule has 3 rings (SSSR count). The largest absolute Gasteiger partial charge is 0.311 e. The number of benzene rings is 1. The standard InChI is InChI=1S/C13H17NO2S/c15-17(16,12-4-2-1-3-5-12)13-8-10-6-7-11(9-13)14-10/h1-5,10-11,13-14H,6-9H2/t10-,11+,13?. The van der Waals surface area contributed by atoms with E-state index < -0.39 is 9.84 Å². The van der Waals surface area contributed by atoms with Crippen molar-refractivity contribution in [2.75, 3.05) is 0 Å². The molecule has 0 radical (unpaired) electrons. The van der Waals surface area contributed by atoms with Crippen molar-refractivity contribution in [1.29, 1.82) is 0 Å². The quantitative estimate of drug-likeness (QED) is 0.871. The summed E-state index contributed by atoms with van der Waals surface area (Å²) in [5, 5.41) is 3.29. The molecule has 1 N–H and O–H groups in total. The molecule has 2 aliphatic heterocycles. The maximum atomic E-state index is 12.5. The number of rotatable bonds is 2. The van der Waals surface area contributed by atoms with Gasteiger partial charge in [-0.05, 0) is 37.8 Å². The van der Waals surface area contributed by atoms with E-state index in [0.29, 0.717) is 17.0 Å². The summed E-state index contributed by atoms with van der Waals surface area (Å²) in [5.41, 5.74) is 0. The van der Waals surface area contributed by atoms with E-state index in [0.717, 1.165) is 25.7 Å². The minimum atomic E-state index is -3.13. The van der Waals surface area contributed by atoms with Crippen LogP contribution in [0.5, 0.6) is 0 Å². The van der Waals surface area contributed by atoms with Crippen molar-refractivity contribution in [1.82, 2.24) is 5.32 Å². The van der Waals surface area contributed by atoms with Gasteiger partial charge >= 0.3 is 0 Å². The van der Waals surface area contributed by atoms with Gasteiger partial charge in [-0.3, -0.25) is 0 Å². The molecule has 3 nitrogen and oxygen atoms in total. The predicted molar refractivity (Wildman–Crippen MR) is 66.6 cm³/mol. The predicted octanol–water partition coefficient (Wildman–Crippen LogP) is 1.74. The van der Waals surface area contributed by atoms with Crippen LogP contribution >= 0.6 is 0 Å². The first-order valence-corrected chi connectivity index (χ1v) is 7.76. The molecule has 17 heavy (non-hydrogen) atoms. The van der Waals surface area contributed by atoms with Crippen molar-refractivity contribution >= 4 is 9.84 Å². The third-order valence-electron chi connectivity index (χ3n) is 3.94. The zero-order valence-corrected chi connectivity index (χ0v) is 10.5. The lowest BCUT2D eigenvalue weighted by molar-refractivity contribution is 0.401. The number of hydrogen-bond donors (Lipinski definition) is 1. The zero-order chi connectivity index (χ0) is 11.9. The molecule has 1 aromatic carbocycles. The Bertz CT molecular complexity index is 485. The highest BCUT2D eigenvalue weighted by Gasteiger charge is 2.39. The van der Waals surface area contributed by atoms with E-state index in [9.17, 15) is 8.42 Å². The average molecular weight is 251 g/mol. The van der Waals surface area contributed by atoms with Crippen molar-refractivity contribution in [3.05, 3.63) is 30.3 Å². The number of hydrogen-bond acceptors (Lipinski definition) is 3. The molecule has 1 unspecified atom stereocenters. The first kappa shape index (κ1) is 11.2. The van der Waals surface area contributed by atoms with E-state index in [1.165, 1.54) is 0 Å². The van der Waals surface area contributed by atoms with Gasteiger partial charge in [0.25, 0.3) is 0 Å². The van der Waals surface area contributed by atoms with Crippen LogP contribution in [-0.2, 0) is 9.84 Å². The van der Waals surface area contributed by atoms with E-state index in [2.05, 4.69) is 5.32 Å². The topological polar surface area (TPSA) is 46.2 Å². The SMILES string of the molecule is O=S(=O)(c1ccccc1)C1C[C@H]2CC[C@@H](C1)N2. The molecule has 2 heterocycles. The molecule has 2 aliphatic rings. The van der Waals surface area contributed by atoms with E-state index >= 15 is 0 Å². The van der Waals surface area contributed by atoms with Gasteiger partial charge in [0, 0.05) is 12.1 Å². The molecule has 2 fully saturated rings. The molecule has 2 saturated heterocycles. The van der Waals surface area contributed by atoms with E-state index in [-0.39, 0.29) is 5.25 Å². The molecule has 0 aliphatic carbocycles. The number of piperidine rings is 1. The highest BCUT2D eigenvalue weighted by Crippen LogP contribution is 2.33. The van der Waals surface area contributed by atoms with Crippen LogP contribution in [0.3, 0.4) is 0 Å². The van der Waals surface area contributed by atoms with Crippen molar-refractivity contribution in [3.63, 3.8) is 0 Å². The van der Waals surface area contributed by atoms with Crippen LogP contribution < -0.4 is 5.32 Å². The molecule has 1 aromatic rings. The summed E-state index contributed by atoms with van der Waals surface area (Å²) in [6.45, 7) is 0. The Morgan fingerprint density at radius 2 is 1.59 bits per heavy atom. The van der Waals surface area contributed by atoms with E-state index in [1.54, 1.807) is 24.3 Å². The molecular weight excluding hydrogens is 234 g/mol. The maximum absolute atomic E-state index is 12.5. The van der Waals surface area contributed by atoms with Crippen molar-refractivity contribution in [2.24, 2.45) is 0 Å². The Morgan fingerprint density at radius 3 is 2.18 bits per heavy atom. The van der Waals surface area contributed by atoms with Crippen LogP contribution in [0.15, 0.2) is 35.2 Å². The van der Waals surface area contributed by atoms with Crippen molar-refractivity contribution in [3.8, 4) is 0 Å². The molecule has 0 aromatic heterocycles. The van der Waals surface area contributed by atoms with Gasteiger partial charge < -0.3 is 5.32 Å². The Balaban J connectivity index is 1.89. The summed E-state index contributed by atoms with van der Waals surface area (Å²) in [6, 6.07) is 9.68. The minimum absolute atomic E-state index is 0.191. The second kappa shape index (κ2) is 4.10. The van der Waals surface area contributed by atoms with E-state index in [4.69, 9.17) is 0 Å². The molecule has 0 spiro atoms. The summed E-state index contributed by atoms with van der Waals surface area (Å²) in [5.74, 6) is 0. The van der Waals surface area contributed by atoms with Gasteiger partial charge in [-0.1, -0.05) is 18.2 Å². The van der Waals surface area contributed by atoms with E-state index in [1.807, 2.05) is 6.07 Å². The summed E-state index contributed by atoms with van der Waals surface area (Å²) in [4.78, 5) is 0.478. The Labute approximate surface area is 102 Å². The molecule has 2 bridgehead atoms. The van der Waals surface area contributed by atoms with Gasteiger partial charge in [-0.15, -0.1) is 0 Å². The van der Waals surface area contributed by atoms with Crippen LogP contribution in [0, 0.1) is 0 Å². The highest BCUT2D eigenvalue weighted by atomic mass is 32.2. The first-order chi connectivity index (χ1) is 8.16. The highest BCUT2D eigenvalue weighted by molar-refractivity contribution is 7.92. The average Bonchev–Trinajstić information content (AvgIpc) is 2.69. The van der Waals surface area contributed by atoms with Gasteiger partial charge in [-0.2, -0.15) is 0 Å². The molecule has 3 atom stereocenters. The molecule has 4 heteroatoms. The van der Waals surface area contributed by atoms with Crippen molar-refractivity contribution in [2.45, 2.75) is 47.9 Å². The molecule has 0 amide bonds. The lowest BCUT2D eigenvalue weighted by Gasteiger charge is -2.28. The third-order valence-corrected chi connectivity index (χ3v) is 6.13. The smallest absolute Gasteiger partial charge is 0.181 e. The second-order valence-corrected chi connectivity index (χ2v) is 7.32. The van der Waals surface area contributed by atoms with Crippen LogP contribution in [0.2, 0.25) is 0 Å². The fraction of sp³-hybridized carbons (Fsp3) is 0.538. The van der Waals surface area contributed by atoms with Crippen LogP contribution in [0.1, 0.15) is 25.7 Å². The van der Waals surface area contributed by atoms with Gasteiger partial charge in [0.05, 0.1) is 10.1 Å². The van der Waals surface area contributed by atoms with Crippen LogP contribution in [0.4, 0.5) is 0 Å². The fourth-order valence-corrected chi connectivity index (χ4v) is 4.95. The minimum Gasteiger partial charge on any atom is -0.311 e. The monoisotopic (exact) mass is 251 g/mol. The normalized spacial score (nSPS) is 32.6. The van der Waals surface area contributed by atoms with Gasteiger partial charge in [-0.25, -0.2) is 8.42 Å². The lowest BCUT2D eigenvalue weighted by Crippen LogP contribution is -2.43. The number of sulfone groups is 1. The summed E-state index contributed by atoms with van der Waals surface area (Å²) >= 11 is 0. The lowest BCUT2D eigenvalue weighted by atomic mass is 10.1. The first-order valence-electron chi connectivity index (χ1n) is 6.21. The summed E-state index contributed by atoms with van der Waals surface area (Å²) in [7, 11) is -3.13. The van der Waals surface area contributed by atoms with Crippen LogP contribution in [-0.4, -0.2) is 25.8 Å². The van der Waals surface area contributed by atoms with Gasteiger partial charge in [0.1, 0.15) is 0 Å². The third kappa shape index (κ3) is 2.00. The van der Waals surface area contributed by atoms with Crippen LogP contribution in [0.25, 0.3) is 0 Å². The number of nitrogens with one attached hydrogen (secondary N) is 1. The van der Waals surface area contributed by atoms with Crippen molar-refractivity contribution < 1.29 is 8.42 Å². The second-order valence-electron chi connectivity index (χ2n) is 5.09. The Hall–Kier alpha value is -0.870.